The smallest absolute Gasteiger partial charge is 0.192 e. The first-order valence-electron chi connectivity index (χ1n) is 12.0. The van der Waals surface area contributed by atoms with Gasteiger partial charge in [-0.05, 0) is 70.6 Å². The van der Waals surface area contributed by atoms with Crippen LogP contribution in [0.25, 0.3) is 0 Å². The Morgan fingerprint density at radius 2 is 1.69 bits per heavy atom. The summed E-state index contributed by atoms with van der Waals surface area (Å²) in [6, 6.07) is 9.43. The van der Waals surface area contributed by atoms with Gasteiger partial charge in [0.1, 0.15) is 12.0 Å². The van der Waals surface area contributed by atoms with Crippen LogP contribution in [0.2, 0.25) is 0 Å². The molecule has 0 aromatic heterocycles. The van der Waals surface area contributed by atoms with Crippen LogP contribution < -0.4 is 4.74 Å². The fraction of sp³-hybridized carbons (Fsp3) is 0.571. The molecule has 4 nitrogen and oxygen atoms in total. The van der Waals surface area contributed by atoms with E-state index < -0.39 is 0 Å². The molecule has 0 heterocycles. The van der Waals surface area contributed by atoms with Gasteiger partial charge in [0.15, 0.2) is 12.4 Å². The van der Waals surface area contributed by atoms with E-state index in [0.717, 1.165) is 24.9 Å². The highest BCUT2D eigenvalue weighted by atomic mass is 16.5. The number of unbranched alkanes of at least 4 members (excludes halogenated alkanes) is 2. The molecule has 32 heavy (non-hydrogen) atoms. The second kappa shape index (κ2) is 25.1. The van der Waals surface area contributed by atoms with Gasteiger partial charge >= 0.3 is 0 Å². The predicted octanol–water partition coefficient (Wildman–Crippen LogP) is 7.38. The van der Waals surface area contributed by atoms with Gasteiger partial charge in [-0.25, -0.2) is 0 Å². The van der Waals surface area contributed by atoms with Crippen LogP contribution >= 0.6 is 0 Å². The van der Waals surface area contributed by atoms with Crippen LogP contribution in [0.5, 0.6) is 5.75 Å². The third kappa shape index (κ3) is 22.5. The van der Waals surface area contributed by atoms with Crippen molar-refractivity contribution < 1.29 is 19.1 Å². The Morgan fingerprint density at radius 1 is 1.09 bits per heavy atom. The van der Waals surface area contributed by atoms with Crippen LogP contribution in [0, 0.1) is 5.92 Å². The molecule has 2 rings (SSSR count). The molecule has 1 fully saturated rings. The van der Waals surface area contributed by atoms with E-state index >= 15 is 0 Å². The Labute approximate surface area is 197 Å². The Morgan fingerprint density at radius 3 is 2.19 bits per heavy atom. The number of para-hydroxylation sites is 1. The lowest BCUT2D eigenvalue weighted by atomic mass is 10.1. The summed E-state index contributed by atoms with van der Waals surface area (Å²) in [7, 11) is 1.70. The monoisotopic (exact) mass is 446 g/mol. The van der Waals surface area contributed by atoms with Crippen LogP contribution in [0.15, 0.2) is 54.6 Å². The number of hydrogen-bond acceptors (Lipinski definition) is 4. The zero-order valence-corrected chi connectivity index (χ0v) is 21.2. The maximum absolute atomic E-state index is 11.6. The molecule has 1 aromatic rings. The van der Waals surface area contributed by atoms with E-state index in [1.165, 1.54) is 25.7 Å². The topological polar surface area (TPSA) is 52.6 Å². The van der Waals surface area contributed by atoms with Crippen molar-refractivity contribution in [3.05, 3.63) is 54.6 Å². The summed E-state index contributed by atoms with van der Waals surface area (Å²) in [5.41, 5.74) is 0. The number of carbonyl (C=O) groups is 2. The largest absolute Gasteiger partial charge is 0.485 e. The average molecular weight is 447 g/mol. The normalized spacial score (nSPS) is 13.0. The molecule has 0 bridgehead atoms. The van der Waals surface area contributed by atoms with Crippen LogP contribution in [0.4, 0.5) is 0 Å². The molecular weight excluding hydrogens is 400 g/mol. The third-order valence-electron chi connectivity index (χ3n) is 4.48. The van der Waals surface area contributed by atoms with Crippen molar-refractivity contribution in [2.24, 2.45) is 5.92 Å². The molecule has 0 aliphatic heterocycles. The summed E-state index contributed by atoms with van der Waals surface area (Å²) in [6.07, 6.45) is 16.9. The van der Waals surface area contributed by atoms with Crippen LogP contribution in [-0.4, -0.2) is 31.9 Å². The molecule has 0 N–H and O–H groups in total. The molecule has 182 valence electrons. The van der Waals surface area contributed by atoms with Crippen LogP contribution in [-0.2, 0) is 14.3 Å². The lowest BCUT2D eigenvalue weighted by molar-refractivity contribution is -0.116. The molecule has 4 heteroatoms. The number of carbonyl (C=O) groups excluding carboxylic acids is 2. The fourth-order valence-electron chi connectivity index (χ4n) is 2.60. The minimum Gasteiger partial charge on any atom is -0.485 e. The molecule has 0 amide bonds. The Balaban J connectivity index is 0. The second-order valence-corrected chi connectivity index (χ2v) is 7.42. The second-order valence-electron chi connectivity index (χ2n) is 7.42. The summed E-state index contributed by atoms with van der Waals surface area (Å²) < 4.78 is 10.1. The molecule has 0 saturated heterocycles. The van der Waals surface area contributed by atoms with Crippen molar-refractivity contribution in [2.45, 2.75) is 85.7 Å². The average Bonchev–Trinajstić information content (AvgIpc) is 3.36. The highest BCUT2D eigenvalue weighted by Crippen LogP contribution is 2.25. The van der Waals surface area contributed by atoms with Crippen molar-refractivity contribution >= 4 is 12.1 Å². The van der Waals surface area contributed by atoms with Gasteiger partial charge in [-0.3, -0.25) is 4.79 Å². The number of aldehydes is 1. The van der Waals surface area contributed by atoms with Crippen molar-refractivity contribution in [1.82, 2.24) is 0 Å². The Bertz CT molecular complexity index is 585. The van der Waals surface area contributed by atoms with E-state index in [1.807, 2.05) is 77.1 Å². The Hall–Kier alpha value is -2.20. The fourth-order valence-corrected chi connectivity index (χ4v) is 2.60. The van der Waals surface area contributed by atoms with E-state index in [9.17, 15) is 9.59 Å². The summed E-state index contributed by atoms with van der Waals surface area (Å²) in [6.45, 7) is 10.1. The summed E-state index contributed by atoms with van der Waals surface area (Å²) in [5.74, 6) is 1.39. The van der Waals surface area contributed by atoms with E-state index in [2.05, 4.69) is 6.08 Å². The molecule has 1 aromatic carbocycles. The first-order valence-corrected chi connectivity index (χ1v) is 12.0. The highest BCUT2D eigenvalue weighted by Gasteiger charge is 2.11. The van der Waals surface area contributed by atoms with Gasteiger partial charge in [-0.15, -0.1) is 0 Å². The number of ketones is 1. The van der Waals surface area contributed by atoms with Gasteiger partial charge in [0.2, 0.25) is 0 Å². The molecule has 1 saturated carbocycles. The van der Waals surface area contributed by atoms with Crippen molar-refractivity contribution in [3.8, 4) is 5.75 Å². The van der Waals surface area contributed by atoms with Crippen molar-refractivity contribution in [3.63, 3.8) is 0 Å². The van der Waals surface area contributed by atoms with Crippen molar-refractivity contribution in [1.29, 1.82) is 0 Å². The lowest BCUT2D eigenvalue weighted by Crippen LogP contribution is -2.08. The minimum atomic E-state index is 0.0424. The number of benzene rings is 1. The molecule has 0 radical (unpaired) electrons. The number of hydrogen-bond donors (Lipinski definition) is 0. The molecule has 1 aliphatic carbocycles. The molecular formula is C28H46O4. The number of methoxy groups -OCH3 is 1. The molecule has 0 spiro atoms. The number of rotatable bonds is 10. The van der Waals surface area contributed by atoms with Crippen LogP contribution in [0.1, 0.15) is 79.6 Å². The van der Waals surface area contributed by atoms with Gasteiger partial charge < -0.3 is 14.3 Å². The zero-order chi connectivity index (χ0) is 24.5. The number of allylic oxidation sites excluding steroid dienone is 3. The van der Waals surface area contributed by atoms with E-state index in [1.54, 1.807) is 13.2 Å². The van der Waals surface area contributed by atoms with E-state index in [4.69, 9.17) is 9.47 Å². The van der Waals surface area contributed by atoms with Gasteiger partial charge in [0, 0.05) is 13.5 Å². The Kier molecular flexibility index (Phi) is 25.1. The summed E-state index contributed by atoms with van der Waals surface area (Å²) in [4.78, 5) is 21.3. The SMILES string of the molecule is C/C=C\CCCC=O.CC.COC(C)C.O=C(/C=C/C1CCCC1)COc1ccccc1. The summed E-state index contributed by atoms with van der Waals surface area (Å²) in [5, 5.41) is 0. The van der Waals surface area contributed by atoms with Gasteiger partial charge in [-0.2, -0.15) is 0 Å². The van der Waals surface area contributed by atoms with E-state index in [-0.39, 0.29) is 12.4 Å². The minimum absolute atomic E-state index is 0.0424. The molecule has 1 aliphatic rings. The molecule has 0 atom stereocenters. The van der Waals surface area contributed by atoms with Gasteiger partial charge in [0.25, 0.3) is 0 Å². The number of ether oxygens (including phenoxy) is 2. The third-order valence-corrected chi connectivity index (χ3v) is 4.48. The standard InChI is InChI=1S/C15H18O2.C7H12O.C4H10O.C2H6/c16-14(11-10-13-6-4-5-7-13)12-17-15-8-2-1-3-9-15;1-2-3-4-5-6-7-8;1-4(2)5-3;1-2/h1-3,8-11,13H,4-7,12H2;2-3,7H,4-6H2,1H3;4H,1-3H3;1-2H3/b11-10+;3-2-;;. The lowest BCUT2D eigenvalue weighted by Gasteiger charge is -2.03. The maximum atomic E-state index is 11.6. The van der Waals surface area contributed by atoms with Crippen LogP contribution in [0.3, 0.4) is 0 Å². The highest BCUT2D eigenvalue weighted by molar-refractivity contribution is 5.90. The first kappa shape index (κ1) is 32.0. The predicted molar refractivity (Wildman–Crippen MR) is 136 cm³/mol. The summed E-state index contributed by atoms with van der Waals surface area (Å²) >= 11 is 0. The quantitative estimate of drug-likeness (QED) is 0.163. The zero-order valence-electron chi connectivity index (χ0n) is 21.2. The van der Waals surface area contributed by atoms with Gasteiger partial charge in [-0.1, -0.05) is 63.1 Å². The van der Waals surface area contributed by atoms with Crippen molar-refractivity contribution in [2.75, 3.05) is 13.7 Å². The van der Waals surface area contributed by atoms with Gasteiger partial charge in [0.05, 0.1) is 6.10 Å². The maximum Gasteiger partial charge on any atom is 0.192 e. The molecule has 0 unspecified atom stereocenters. The first-order chi connectivity index (χ1) is 15.5. The van der Waals surface area contributed by atoms with E-state index in [0.29, 0.717) is 18.4 Å².